The Labute approximate surface area is 114 Å². The second-order valence-electron chi connectivity index (χ2n) is 5.70. The maximum Gasteiger partial charge on any atom is 0.248 e. The first kappa shape index (κ1) is 13.9. The number of nitrogens with one attached hydrogen (secondary N) is 1. The van der Waals surface area contributed by atoms with Crippen molar-refractivity contribution in [2.45, 2.75) is 45.4 Å². The Bertz CT molecular complexity index is 483. The number of hydrogen-bond donors (Lipinski definition) is 1. The van der Waals surface area contributed by atoms with E-state index in [0.717, 1.165) is 11.4 Å². The molecule has 1 heterocycles. The molecule has 0 aromatic heterocycles. The van der Waals surface area contributed by atoms with Gasteiger partial charge in [0.25, 0.3) is 0 Å². The van der Waals surface area contributed by atoms with Crippen molar-refractivity contribution >= 4 is 11.6 Å². The molecule has 0 radical (unpaired) electrons. The van der Waals surface area contributed by atoms with Gasteiger partial charge in [0.1, 0.15) is 17.4 Å². The number of fused-ring (bicyclic) bond motifs is 1. The summed E-state index contributed by atoms with van der Waals surface area (Å²) in [6.45, 7) is 7.90. The number of hydrogen-bond acceptors (Lipinski definition) is 3. The molecule has 1 aromatic rings. The zero-order chi connectivity index (χ0) is 14.2. The zero-order valence-electron chi connectivity index (χ0n) is 12.2. The molecule has 1 amide bonds. The summed E-state index contributed by atoms with van der Waals surface area (Å²) in [5, 5.41) is 3.09. The van der Waals surface area contributed by atoms with Crippen LogP contribution in [0.15, 0.2) is 24.3 Å². The van der Waals surface area contributed by atoms with Crippen molar-refractivity contribution < 1.29 is 9.53 Å². The van der Waals surface area contributed by atoms with E-state index in [1.807, 2.05) is 56.9 Å². The minimum atomic E-state index is -0.592. The maximum absolute atomic E-state index is 12.8. The summed E-state index contributed by atoms with van der Waals surface area (Å²) < 4.78 is 6.07. The van der Waals surface area contributed by atoms with Crippen molar-refractivity contribution in [3.63, 3.8) is 0 Å². The van der Waals surface area contributed by atoms with Crippen molar-refractivity contribution in [3.8, 4) is 5.75 Å². The summed E-state index contributed by atoms with van der Waals surface area (Å²) in [7, 11) is 1.79. The minimum Gasteiger partial charge on any atom is -0.483 e. The molecule has 1 N–H and O–H groups in total. The average molecular weight is 262 g/mol. The summed E-state index contributed by atoms with van der Waals surface area (Å²) in [5.41, 5.74) is 0.249. The van der Waals surface area contributed by atoms with Crippen LogP contribution in [0.5, 0.6) is 5.75 Å². The number of carbonyl (C=O) groups is 1. The summed E-state index contributed by atoms with van der Waals surface area (Å²) >= 11 is 0. The highest BCUT2D eigenvalue weighted by Crippen LogP contribution is 2.37. The molecule has 0 fully saturated rings. The monoisotopic (exact) mass is 262 g/mol. The van der Waals surface area contributed by atoms with E-state index < -0.39 is 5.60 Å². The molecule has 1 aliphatic rings. The first-order chi connectivity index (χ1) is 8.88. The van der Waals surface area contributed by atoms with Gasteiger partial charge >= 0.3 is 0 Å². The van der Waals surface area contributed by atoms with E-state index in [9.17, 15) is 4.79 Å². The van der Waals surface area contributed by atoms with Gasteiger partial charge in [-0.05, 0) is 46.9 Å². The Morgan fingerprint density at radius 2 is 1.95 bits per heavy atom. The molecule has 1 aromatic carbocycles. The lowest BCUT2D eigenvalue weighted by Gasteiger charge is -2.33. The minimum absolute atomic E-state index is 0.0486. The lowest BCUT2D eigenvalue weighted by Crippen LogP contribution is -2.58. The Balaban J connectivity index is 2.59. The van der Waals surface area contributed by atoms with Crippen LogP contribution in [0.2, 0.25) is 0 Å². The van der Waals surface area contributed by atoms with Crippen LogP contribution in [0.3, 0.4) is 0 Å². The van der Waals surface area contributed by atoms with Crippen molar-refractivity contribution in [2.75, 3.05) is 11.9 Å². The van der Waals surface area contributed by atoms with Gasteiger partial charge in [0.15, 0.2) is 0 Å². The van der Waals surface area contributed by atoms with E-state index in [-0.39, 0.29) is 18.0 Å². The van der Waals surface area contributed by atoms with Crippen LogP contribution in [0.25, 0.3) is 0 Å². The van der Waals surface area contributed by atoms with Gasteiger partial charge in [0.2, 0.25) is 5.91 Å². The first-order valence-corrected chi connectivity index (χ1v) is 6.67. The van der Waals surface area contributed by atoms with E-state index in [0.29, 0.717) is 0 Å². The number of anilines is 1. The molecular formula is C15H22N2O2. The Hall–Kier alpha value is -1.55. The molecule has 0 bridgehead atoms. The van der Waals surface area contributed by atoms with Crippen LogP contribution in [0.4, 0.5) is 5.69 Å². The molecule has 0 saturated carbocycles. The molecule has 1 atom stereocenters. The van der Waals surface area contributed by atoms with Gasteiger partial charge in [-0.25, -0.2) is 0 Å². The number of ether oxygens (including phenoxy) is 1. The van der Waals surface area contributed by atoms with Crippen molar-refractivity contribution in [1.29, 1.82) is 0 Å². The highest BCUT2D eigenvalue weighted by Gasteiger charge is 2.43. The van der Waals surface area contributed by atoms with Crippen molar-refractivity contribution in [3.05, 3.63) is 24.3 Å². The number of rotatable bonds is 2. The molecule has 1 aliphatic heterocycles. The van der Waals surface area contributed by atoms with E-state index in [2.05, 4.69) is 5.32 Å². The van der Waals surface area contributed by atoms with Gasteiger partial charge in [-0.3, -0.25) is 4.79 Å². The molecule has 19 heavy (non-hydrogen) atoms. The third kappa shape index (κ3) is 2.32. The molecule has 0 saturated heterocycles. The van der Waals surface area contributed by atoms with Crippen molar-refractivity contribution in [1.82, 2.24) is 5.32 Å². The van der Waals surface area contributed by atoms with Gasteiger partial charge in [-0.1, -0.05) is 12.1 Å². The lowest BCUT2D eigenvalue weighted by molar-refractivity contribution is -0.124. The largest absolute Gasteiger partial charge is 0.483 e. The van der Waals surface area contributed by atoms with E-state index in [4.69, 9.17) is 4.74 Å². The maximum atomic E-state index is 12.8. The third-order valence-corrected chi connectivity index (χ3v) is 3.48. The fourth-order valence-corrected chi connectivity index (χ4v) is 2.64. The molecular weight excluding hydrogens is 240 g/mol. The number of benzene rings is 1. The van der Waals surface area contributed by atoms with Gasteiger partial charge in [0.05, 0.1) is 5.69 Å². The Morgan fingerprint density at radius 1 is 1.32 bits per heavy atom. The standard InChI is InChI=1S/C15H22N2O2/c1-10(2)17-11-8-6-7-9-12(11)19-15(3,4)13(16-5)14(17)18/h6-10,13,16H,1-5H3. The number of amides is 1. The molecule has 0 spiro atoms. The van der Waals surface area contributed by atoms with E-state index in [1.165, 1.54) is 0 Å². The summed E-state index contributed by atoms with van der Waals surface area (Å²) in [6.07, 6.45) is 0. The van der Waals surface area contributed by atoms with Gasteiger partial charge < -0.3 is 15.0 Å². The molecule has 1 unspecified atom stereocenters. The second kappa shape index (κ2) is 4.85. The number of likely N-dealkylation sites (N-methyl/N-ethyl adjacent to an activating group) is 1. The topological polar surface area (TPSA) is 41.6 Å². The van der Waals surface area contributed by atoms with Gasteiger partial charge in [0, 0.05) is 6.04 Å². The van der Waals surface area contributed by atoms with Crippen LogP contribution in [0, 0.1) is 0 Å². The second-order valence-corrected chi connectivity index (χ2v) is 5.70. The van der Waals surface area contributed by atoms with Crippen molar-refractivity contribution in [2.24, 2.45) is 0 Å². The zero-order valence-corrected chi connectivity index (χ0v) is 12.2. The highest BCUT2D eigenvalue weighted by molar-refractivity contribution is 6.00. The number of carbonyl (C=O) groups excluding carboxylic acids is 1. The molecule has 4 nitrogen and oxygen atoms in total. The summed E-state index contributed by atoms with van der Waals surface area (Å²) in [4.78, 5) is 14.6. The van der Waals surface area contributed by atoms with Crippen LogP contribution < -0.4 is 15.0 Å². The smallest absolute Gasteiger partial charge is 0.248 e. The van der Waals surface area contributed by atoms with Gasteiger partial charge in [-0.15, -0.1) is 0 Å². The Kier molecular flexibility index (Phi) is 3.54. The van der Waals surface area contributed by atoms with E-state index in [1.54, 1.807) is 7.05 Å². The summed E-state index contributed by atoms with van der Waals surface area (Å²) in [6, 6.07) is 7.41. The normalized spacial score (nSPS) is 21.9. The molecule has 2 rings (SSSR count). The molecule has 104 valence electrons. The molecule has 0 aliphatic carbocycles. The third-order valence-electron chi connectivity index (χ3n) is 3.48. The fraction of sp³-hybridized carbons (Fsp3) is 0.533. The number of nitrogens with zero attached hydrogens (tertiary/aromatic N) is 1. The van der Waals surface area contributed by atoms with Gasteiger partial charge in [-0.2, -0.15) is 0 Å². The SMILES string of the molecule is CNC1C(=O)N(C(C)C)c2ccccc2OC1(C)C. The quantitative estimate of drug-likeness (QED) is 0.888. The van der Waals surface area contributed by atoms with E-state index >= 15 is 0 Å². The lowest BCUT2D eigenvalue weighted by atomic mass is 9.97. The fourth-order valence-electron chi connectivity index (χ4n) is 2.64. The van der Waals surface area contributed by atoms with Crippen LogP contribution >= 0.6 is 0 Å². The average Bonchev–Trinajstić information content (AvgIpc) is 2.38. The highest BCUT2D eigenvalue weighted by atomic mass is 16.5. The van der Waals surface area contributed by atoms with Crippen LogP contribution in [-0.2, 0) is 4.79 Å². The van der Waals surface area contributed by atoms with Crippen LogP contribution in [0.1, 0.15) is 27.7 Å². The Morgan fingerprint density at radius 3 is 2.53 bits per heavy atom. The first-order valence-electron chi connectivity index (χ1n) is 6.67. The summed E-state index contributed by atoms with van der Waals surface area (Å²) in [5.74, 6) is 0.805. The van der Waals surface area contributed by atoms with Crippen LogP contribution in [-0.4, -0.2) is 30.6 Å². The molecule has 4 heteroatoms. The predicted molar refractivity (Wildman–Crippen MR) is 76.6 cm³/mol. The predicted octanol–water partition coefficient (Wildman–Crippen LogP) is 2.19. The number of para-hydroxylation sites is 2.